The van der Waals surface area contributed by atoms with Gasteiger partial charge < -0.3 is 14.5 Å². The molecule has 0 atom stereocenters. The van der Waals surface area contributed by atoms with Crippen LogP contribution >= 0.6 is 0 Å². The summed E-state index contributed by atoms with van der Waals surface area (Å²) in [6, 6.07) is 7.09. The molecular weight excluding hydrogens is 366 g/mol. The Morgan fingerprint density at radius 2 is 1.81 bits per heavy atom. The fourth-order valence-electron chi connectivity index (χ4n) is 3.25. The molecular formula is C19H31N3O4S. The molecule has 0 N–H and O–H groups in total. The van der Waals surface area contributed by atoms with Crippen LogP contribution < -0.4 is 9.04 Å². The van der Waals surface area contributed by atoms with Gasteiger partial charge in [-0.05, 0) is 32.0 Å². The number of para-hydroxylation sites is 2. The molecule has 0 radical (unpaired) electrons. The standard InChI is InChI=1S/C19H31N3O4S/c1-4-20-13-15-21(16-14-20)19(23)11-8-12-22(27(3,24)25)17-9-6-7-10-18(17)26-5-2/h6-7,9-10H,4-5,8,11-16H2,1-3H3. The summed E-state index contributed by atoms with van der Waals surface area (Å²) in [5, 5.41) is 0. The zero-order chi connectivity index (χ0) is 19.9. The van der Waals surface area contributed by atoms with Gasteiger partial charge in [-0.1, -0.05) is 19.1 Å². The van der Waals surface area contributed by atoms with Gasteiger partial charge in [0.15, 0.2) is 0 Å². The van der Waals surface area contributed by atoms with Gasteiger partial charge in [-0.15, -0.1) is 0 Å². The van der Waals surface area contributed by atoms with Crippen LogP contribution in [0.3, 0.4) is 0 Å². The van der Waals surface area contributed by atoms with Crippen LogP contribution in [-0.2, 0) is 14.8 Å². The molecule has 1 saturated heterocycles. The number of nitrogens with zero attached hydrogens (tertiary/aromatic N) is 3. The van der Waals surface area contributed by atoms with Crippen LogP contribution in [0.25, 0.3) is 0 Å². The Bertz CT molecular complexity index is 715. The lowest BCUT2D eigenvalue weighted by atomic mass is 10.2. The molecule has 152 valence electrons. The lowest BCUT2D eigenvalue weighted by Crippen LogP contribution is -2.48. The maximum Gasteiger partial charge on any atom is 0.232 e. The highest BCUT2D eigenvalue weighted by molar-refractivity contribution is 7.92. The van der Waals surface area contributed by atoms with Crippen LogP contribution in [0.1, 0.15) is 26.7 Å². The Morgan fingerprint density at radius 1 is 1.15 bits per heavy atom. The van der Waals surface area contributed by atoms with E-state index in [-0.39, 0.29) is 12.5 Å². The minimum Gasteiger partial charge on any atom is -0.492 e. The second-order valence-electron chi connectivity index (χ2n) is 6.65. The number of ether oxygens (including phenoxy) is 1. The fraction of sp³-hybridized carbons (Fsp3) is 0.632. The van der Waals surface area contributed by atoms with E-state index in [1.807, 2.05) is 17.9 Å². The summed E-state index contributed by atoms with van der Waals surface area (Å²) in [4.78, 5) is 16.6. The molecule has 8 heteroatoms. The number of carbonyl (C=O) groups excluding carboxylic acids is 1. The molecule has 0 spiro atoms. The maximum absolute atomic E-state index is 12.4. The molecule has 1 amide bonds. The van der Waals surface area contributed by atoms with Crippen molar-refractivity contribution in [3.63, 3.8) is 0 Å². The zero-order valence-corrected chi connectivity index (χ0v) is 17.4. The first-order chi connectivity index (χ1) is 12.9. The van der Waals surface area contributed by atoms with E-state index in [1.165, 1.54) is 10.6 Å². The van der Waals surface area contributed by atoms with E-state index in [1.54, 1.807) is 18.2 Å². The summed E-state index contributed by atoms with van der Waals surface area (Å²) in [7, 11) is -3.47. The Labute approximate surface area is 162 Å². The van der Waals surface area contributed by atoms with E-state index >= 15 is 0 Å². The molecule has 1 aromatic rings. The van der Waals surface area contributed by atoms with Crippen LogP contribution in [-0.4, -0.2) is 76.3 Å². The predicted molar refractivity (Wildman–Crippen MR) is 108 cm³/mol. The average molecular weight is 398 g/mol. The molecule has 1 fully saturated rings. The smallest absolute Gasteiger partial charge is 0.232 e. The zero-order valence-electron chi connectivity index (χ0n) is 16.6. The molecule has 1 aliphatic heterocycles. The molecule has 27 heavy (non-hydrogen) atoms. The second kappa shape index (κ2) is 9.94. The van der Waals surface area contributed by atoms with E-state index in [0.717, 1.165) is 32.7 Å². The number of anilines is 1. The first-order valence-corrected chi connectivity index (χ1v) is 11.4. The molecule has 0 saturated carbocycles. The summed E-state index contributed by atoms with van der Waals surface area (Å²) in [6.45, 7) is 8.99. The van der Waals surface area contributed by atoms with E-state index in [0.29, 0.717) is 30.9 Å². The Kier molecular flexibility index (Phi) is 7.91. The van der Waals surface area contributed by atoms with Crippen molar-refractivity contribution in [3.05, 3.63) is 24.3 Å². The number of benzene rings is 1. The quantitative estimate of drug-likeness (QED) is 0.635. The Hall–Kier alpha value is -1.80. The highest BCUT2D eigenvalue weighted by Crippen LogP contribution is 2.30. The van der Waals surface area contributed by atoms with Crippen LogP contribution in [0.15, 0.2) is 24.3 Å². The number of hydrogen-bond acceptors (Lipinski definition) is 5. The summed E-state index contributed by atoms with van der Waals surface area (Å²) in [6.07, 6.45) is 2.00. The first kappa shape index (κ1) is 21.5. The second-order valence-corrected chi connectivity index (χ2v) is 8.56. The molecule has 2 rings (SSSR count). The minimum atomic E-state index is -3.47. The van der Waals surface area contributed by atoms with Crippen molar-refractivity contribution >= 4 is 21.6 Å². The number of hydrogen-bond donors (Lipinski definition) is 0. The van der Waals surface area contributed by atoms with Gasteiger partial charge in [0, 0.05) is 39.1 Å². The predicted octanol–water partition coefficient (Wildman–Crippen LogP) is 1.80. The highest BCUT2D eigenvalue weighted by Gasteiger charge is 2.23. The third-order valence-corrected chi connectivity index (χ3v) is 5.94. The SMILES string of the molecule is CCOc1ccccc1N(CCCC(=O)N1CCN(CC)CC1)S(C)(=O)=O. The lowest BCUT2D eigenvalue weighted by Gasteiger charge is -2.34. The van der Waals surface area contributed by atoms with Crippen LogP contribution in [0.2, 0.25) is 0 Å². The highest BCUT2D eigenvalue weighted by atomic mass is 32.2. The summed E-state index contributed by atoms with van der Waals surface area (Å²) in [5.74, 6) is 0.629. The first-order valence-electron chi connectivity index (χ1n) is 9.56. The summed E-state index contributed by atoms with van der Waals surface area (Å²) in [5.41, 5.74) is 0.519. The third-order valence-electron chi connectivity index (χ3n) is 4.76. The van der Waals surface area contributed by atoms with Crippen LogP contribution in [0.5, 0.6) is 5.75 Å². The molecule has 1 aliphatic rings. The van der Waals surface area contributed by atoms with Crippen molar-refractivity contribution in [1.29, 1.82) is 0 Å². The van der Waals surface area contributed by atoms with Gasteiger partial charge in [0.25, 0.3) is 0 Å². The largest absolute Gasteiger partial charge is 0.492 e. The normalized spacial score (nSPS) is 15.6. The average Bonchev–Trinajstić information content (AvgIpc) is 2.65. The van der Waals surface area contributed by atoms with Crippen molar-refractivity contribution in [1.82, 2.24) is 9.80 Å². The molecule has 0 unspecified atom stereocenters. The van der Waals surface area contributed by atoms with Crippen molar-refractivity contribution < 1.29 is 17.9 Å². The van der Waals surface area contributed by atoms with Gasteiger partial charge in [0.1, 0.15) is 5.75 Å². The van der Waals surface area contributed by atoms with Crippen molar-refractivity contribution in [2.45, 2.75) is 26.7 Å². The topological polar surface area (TPSA) is 70.2 Å². The monoisotopic (exact) mass is 397 g/mol. The van der Waals surface area contributed by atoms with E-state index in [4.69, 9.17) is 4.74 Å². The molecule has 7 nitrogen and oxygen atoms in total. The molecule has 0 aromatic heterocycles. The van der Waals surface area contributed by atoms with E-state index in [2.05, 4.69) is 11.8 Å². The number of carbonyl (C=O) groups is 1. The van der Waals surface area contributed by atoms with Gasteiger partial charge in [-0.2, -0.15) is 0 Å². The van der Waals surface area contributed by atoms with Crippen LogP contribution in [0.4, 0.5) is 5.69 Å². The number of piperazine rings is 1. The van der Waals surface area contributed by atoms with E-state index in [9.17, 15) is 13.2 Å². The fourth-order valence-corrected chi connectivity index (χ4v) is 4.22. The molecule has 0 bridgehead atoms. The summed E-state index contributed by atoms with van der Waals surface area (Å²) >= 11 is 0. The number of sulfonamides is 1. The van der Waals surface area contributed by atoms with Gasteiger partial charge in [0.05, 0.1) is 18.6 Å². The third kappa shape index (κ3) is 6.10. The lowest BCUT2D eigenvalue weighted by molar-refractivity contribution is -0.132. The Morgan fingerprint density at radius 3 is 2.41 bits per heavy atom. The molecule has 0 aliphatic carbocycles. The number of rotatable bonds is 9. The molecule has 1 heterocycles. The minimum absolute atomic E-state index is 0.0947. The van der Waals surface area contributed by atoms with Gasteiger partial charge in [0.2, 0.25) is 15.9 Å². The van der Waals surface area contributed by atoms with Crippen molar-refractivity contribution in [2.24, 2.45) is 0 Å². The Balaban J connectivity index is 1.97. The van der Waals surface area contributed by atoms with Gasteiger partial charge in [-0.3, -0.25) is 9.10 Å². The van der Waals surface area contributed by atoms with Crippen molar-refractivity contribution in [3.8, 4) is 5.75 Å². The molecule has 1 aromatic carbocycles. The maximum atomic E-state index is 12.4. The van der Waals surface area contributed by atoms with Crippen molar-refractivity contribution in [2.75, 3.05) is 56.4 Å². The number of likely N-dealkylation sites (N-methyl/N-ethyl adjacent to an activating group) is 1. The number of amides is 1. The summed E-state index contributed by atoms with van der Waals surface area (Å²) < 4.78 is 31.5. The van der Waals surface area contributed by atoms with Gasteiger partial charge in [-0.25, -0.2) is 8.42 Å². The van der Waals surface area contributed by atoms with E-state index < -0.39 is 10.0 Å². The van der Waals surface area contributed by atoms with Gasteiger partial charge >= 0.3 is 0 Å². The van der Waals surface area contributed by atoms with Crippen LogP contribution in [0, 0.1) is 0 Å².